The van der Waals surface area contributed by atoms with Crippen molar-refractivity contribution in [3.63, 3.8) is 0 Å². The van der Waals surface area contributed by atoms with Gasteiger partial charge in [-0.25, -0.2) is 0 Å². The van der Waals surface area contributed by atoms with Gasteiger partial charge in [0.05, 0.1) is 0 Å². The molecule has 134 valence electrons. The molecule has 1 aliphatic carbocycles. The maximum atomic E-state index is 4.42. The Morgan fingerprint density at radius 1 is 0.923 bits per heavy atom. The number of thiol groups is 1. The van der Waals surface area contributed by atoms with Gasteiger partial charge in [0, 0.05) is 24.2 Å². The lowest BCUT2D eigenvalue weighted by atomic mass is 9.81. The van der Waals surface area contributed by atoms with Crippen LogP contribution in [0, 0.1) is 0 Å². The Balaban J connectivity index is 2.14. The molecule has 0 saturated carbocycles. The number of rotatable bonds is 3. The van der Waals surface area contributed by atoms with Crippen molar-refractivity contribution in [1.29, 1.82) is 0 Å². The average Bonchev–Trinajstić information content (AvgIpc) is 2.81. The fourth-order valence-corrected chi connectivity index (χ4v) is 5.58. The fraction of sp³-hybridized carbons (Fsp3) is 0.273. The van der Waals surface area contributed by atoms with Gasteiger partial charge in [-0.2, -0.15) is 12.6 Å². The SMILES string of the molecule is CC1(C)c2cc(Br)c(Br)cc2-c2c1cc(CCCS)c1cccc(Br)c21. The van der Waals surface area contributed by atoms with Crippen LogP contribution in [0.5, 0.6) is 0 Å². The van der Waals surface area contributed by atoms with E-state index in [-0.39, 0.29) is 5.41 Å². The van der Waals surface area contributed by atoms with Crippen molar-refractivity contribution >= 4 is 71.2 Å². The second-order valence-corrected chi connectivity index (χ2v) is 10.4. The number of benzene rings is 3. The van der Waals surface area contributed by atoms with E-state index in [1.807, 2.05) is 0 Å². The molecule has 0 aromatic heterocycles. The van der Waals surface area contributed by atoms with Crippen LogP contribution in [-0.4, -0.2) is 5.75 Å². The van der Waals surface area contributed by atoms with Crippen LogP contribution in [0.15, 0.2) is 49.8 Å². The Hall–Kier alpha value is -0.290. The van der Waals surface area contributed by atoms with E-state index >= 15 is 0 Å². The first-order valence-electron chi connectivity index (χ1n) is 8.71. The maximum absolute atomic E-state index is 4.42. The molecule has 0 atom stereocenters. The average molecular weight is 555 g/mol. The third-order valence-electron chi connectivity index (χ3n) is 5.48. The van der Waals surface area contributed by atoms with E-state index in [9.17, 15) is 0 Å². The van der Waals surface area contributed by atoms with Crippen LogP contribution in [0.2, 0.25) is 0 Å². The lowest BCUT2D eigenvalue weighted by Crippen LogP contribution is -2.15. The van der Waals surface area contributed by atoms with Gasteiger partial charge in [-0.05, 0) is 102 Å². The van der Waals surface area contributed by atoms with Gasteiger partial charge in [-0.1, -0.05) is 48.0 Å². The second-order valence-electron chi connectivity index (χ2n) is 7.38. The molecule has 4 heteroatoms. The van der Waals surface area contributed by atoms with Gasteiger partial charge in [-0.3, -0.25) is 0 Å². The third kappa shape index (κ3) is 2.83. The molecule has 3 aromatic carbocycles. The number of halogens is 3. The molecule has 0 bridgehead atoms. The van der Waals surface area contributed by atoms with Crippen LogP contribution in [0.25, 0.3) is 21.9 Å². The van der Waals surface area contributed by atoms with Crippen molar-refractivity contribution in [1.82, 2.24) is 0 Å². The summed E-state index contributed by atoms with van der Waals surface area (Å²) in [6, 6.07) is 13.5. The lowest BCUT2D eigenvalue weighted by molar-refractivity contribution is 0.659. The highest BCUT2D eigenvalue weighted by atomic mass is 79.9. The van der Waals surface area contributed by atoms with Crippen LogP contribution in [0.1, 0.15) is 37.0 Å². The predicted molar refractivity (Wildman–Crippen MR) is 127 cm³/mol. The quantitative estimate of drug-likeness (QED) is 0.309. The van der Waals surface area contributed by atoms with Gasteiger partial charge in [0.25, 0.3) is 0 Å². The fourth-order valence-electron chi connectivity index (χ4n) is 4.17. The number of hydrogen-bond acceptors (Lipinski definition) is 1. The van der Waals surface area contributed by atoms with E-state index in [4.69, 9.17) is 0 Å². The summed E-state index contributed by atoms with van der Waals surface area (Å²) in [5.41, 5.74) is 6.91. The Morgan fingerprint density at radius 2 is 1.65 bits per heavy atom. The zero-order valence-corrected chi connectivity index (χ0v) is 20.3. The van der Waals surface area contributed by atoms with Gasteiger partial charge in [0.15, 0.2) is 0 Å². The maximum Gasteiger partial charge on any atom is 0.0323 e. The van der Waals surface area contributed by atoms with Crippen LogP contribution in [-0.2, 0) is 11.8 Å². The van der Waals surface area contributed by atoms with Crippen molar-refractivity contribution in [3.05, 3.63) is 66.5 Å². The minimum absolute atomic E-state index is 0.0208. The molecule has 0 unspecified atom stereocenters. The molecular weight excluding hydrogens is 536 g/mol. The van der Waals surface area contributed by atoms with Crippen molar-refractivity contribution < 1.29 is 0 Å². The highest BCUT2D eigenvalue weighted by Gasteiger charge is 2.38. The summed E-state index contributed by atoms with van der Waals surface area (Å²) in [5.74, 6) is 0.913. The summed E-state index contributed by atoms with van der Waals surface area (Å²) in [6.07, 6.45) is 2.15. The number of fused-ring (bicyclic) bond motifs is 5. The molecule has 3 aromatic rings. The molecule has 0 aliphatic heterocycles. The predicted octanol–water partition coefficient (Wildman–Crippen LogP) is 8.30. The van der Waals surface area contributed by atoms with Crippen LogP contribution in [0.4, 0.5) is 0 Å². The zero-order chi connectivity index (χ0) is 18.6. The summed E-state index contributed by atoms with van der Waals surface area (Å²) in [7, 11) is 0. The highest BCUT2D eigenvalue weighted by molar-refractivity contribution is 9.13. The van der Waals surface area contributed by atoms with Gasteiger partial charge in [0.1, 0.15) is 0 Å². The van der Waals surface area contributed by atoms with E-state index in [1.54, 1.807) is 0 Å². The monoisotopic (exact) mass is 552 g/mol. The molecule has 0 heterocycles. The molecule has 0 spiro atoms. The molecule has 0 nitrogen and oxygen atoms in total. The topological polar surface area (TPSA) is 0 Å². The molecular formula is C22H19Br3S. The molecule has 26 heavy (non-hydrogen) atoms. The summed E-state index contributed by atoms with van der Waals surface area (Å²) >= 11 is 15.7. The lowest BCUT2D eigenvalue weighted by Gasteiger charge is -2.23. The number of aryl methyl sites for hydroxylation is 1. The zero-order valence-electron chi connectivity index (χ0n) is 14.7. The second kappa shape index (κ2) is 6.95. The van der Waals surface area contributed by atoms with Crippen molar-refractivity contribution in [2.45, 2.75) is 32.1 Å². The van der Waals surface area contributed by atoms with Crippen LogP contribution >= 0.6 is 60.4 Å². The standard InChI is InChI=1S/C22H19Br3S/c1-22(2)15-11-19(25)18(24)10-14(15)20-16(22)9-12(5-4-8-26)13-6-3-7-17(23)21(13)20/h3,6-7,9-11,26H,4-5,8H2,1-2H3. The molecule has 1 aliphatic rings. The Labute approximate surface area is 185 Å². The Kier molecular flexibility index (Phi) is 5.09. The van der Waals surface area contributed by atoms with Gasteiger partial charge < -0.3 is 0 Å². The van der Waals surface area contributed by atoms with E-state index in [2.05, 4.69) is 111 Å². The van der Waals surface area contributed by atoms with Crippen LogP contribution in [0.3, 0.4) is 0 Å². The molecule has 0 amide bonds. The minimum Gasteiger partial charge on any atom is -0.179 e. The van der Waals surface area contributed by atoms with E-state index in [1.165, 1.54) is 43.1 Å². The normalized spacial score (nSPS) is 14.5. The summed E-state index contributed by atoms with van der Waals surface area (Å²) in [4.78, 5) is 0. The van der Waals surface area contributed by atoms with E-state index in [0.717, 1.165) is 27.5 Å². The first-order chi connectivity index (χ1) is 12.4. The summed E-state index contributed by atoms with van der Waals surface area (Å²) < 4.78 is 3.37. The molecule has 0 saturated heterocycles. The smallest absolute Gasteiger partial charge is 0.0323 e. The van der Waals surface area contributed by atoms with Crippen molar-refractivity contribution in [2.24, 2.45) is 0 Å². The largest absolute Gasteiger partial charge is 0.179 e. The van der Waals surface area contributed by atoms with Gasteiger partial charge in [-0.15, -0.1) is 0 Å². The van der Waals surface area contributed by atoms with Crippen molar-refractivity contribution in [3.8, 4) is 11.1 Å². The minimum atomic E-state index is -0.0208. The molecule has 0 fully saturated rings. The highest BCUT2D eigenvalue weighted by Crippen LogP contribution is 2.54. The molecule has 0 radical (unpaired) electrons. The Morgan fingerprint density at radius 3 is 2.38 bits per heavy atom. The van der Waals surface area contributed by atoms with Gasteiger partial charge >= 0.3 is 0 Å². The van der Waals surface area contributed by atoms with E-state index < -0.39 is 0 Å². The molecule has 4 rings (SSSR count). The van der Waals surface area contributed by atoms with E-state index in [0.29, 0.717) is 0 Å². The first-order valence-corrected chi connectivity index (χ1v) is 11.7. The van der Waals surface area contributed by atoms with Crippen LogP contribution < -0.4 is 0 Å². The number of hydrogen-bond donors (Lipinski definition) is 1. The summed E-state index contributed by atoms with van der Waals surface area (Å²) in [6.45, 7) is 4.67. The van der Waals surface area contributed by atoms with Gasteiger partial charge in [0.2, 0.25) is 0 Å². The summed E-state index contributed by atoms with van der Waals surface area (Å²) in [5, 5.41) is 2.68. The van der Waals surface area contributed by atoms with Crippen molar-refractivity contribution in [2.75, 3.05) is 5.75 Å². The third-order valence-corrected chi connectivity index (χ3v) is 8.30. The Bertz CT molecular complexity index is 1040. The molecule has 0 N–H and O–H groups in total. The first kappa shape index (κ1) is 19.0.